The van der Waals surface area contributed by atoms with Crippen LogP contribution in [0.3, 0.4) is 0 Å². The number of allylic oxidation sites excluding steroid dienone is 4. The van der Waals surface area contributed by atoms with Crippen molar-refractivity contribution in [3.63, 3.8) is 0 Å². The number of rotatable bonds is 2. The summed E-state index contributed by atoms with van der Waals surface area (Å²) >= 11 is 1.69. The molecule has 2 unspecified atom stereocenters. The van der Waals surface area contributed by atoms with Gasteiger partial charge in [-0.2, -0.15) is 0 Å². The minimum Gasteiger partial charge on any atom is -0.369 e. The number of hydrogen-bond acceptors (Lipinski definition) is 6. The molecule has 5 nitrogen and oxygen atoms in total. The molecule has 0 amide bonds. The average Bonchev–Trinajstić information content (AvgIpc) is 3.34. The second kappa shape index (κ2) is 8.33. The first kappa shape index (κ1) is 21.0. The van der Waals surface area contributed by atoms with Gasteiger partial charge >= 0.3 is 0 Å². The van der Waals surface area contributed by atoms with Crippen molar-refractivity contribution in [1.82, 2.24) is 14.8 Å². The normalized spacial score (nSPS) is 28.1. The van der Waals surface area contributed by atoms with Crippen LogP contribution in [0.15, 0.2) is 53.2 Å². The third kappa shape index (κ3) is 3.89. The third-order valence-corrected chi connectivity index (χ3v) is 8.66. The lowest BCUT2D eigenvalue weighted by molar-refractivity contribution is -0.118. The molecule has 0 N–H and O–H groups in total. The van der Waals surface area contributed by atoms with Crippen molar-refractivity contribution in [2.24, 2.45) is 16.8 Å². The average molecular weight is 459 g/mol. The van der Waals surface area contributed by atoms with E-state index in [1.54, 1.807) is 17.4 Å². The Morgan fingerprint density at radius 2 is 2.06 bits per heavy atom. The number of carbonyl (C=O) groups is 1. The lowest BCUT2D eigenvalue weighted by Gasteiger charge is -2.39. The largest absolute Gasteiger partial charge is 0.369 e. The number of aliphatic imine (C=N–C) groups is 1. The molecule has 6 heteroatoms. The Morgan fingerprint density at radius 1 is 1.15 bits per heavy atom. The third-order valence-electron chi connectivity index (χ3n) is 7.71. The number of aryl methyl sites for hydroxylation is 1. The summed E-state index contributed by atoms with van der Waals surface area (Å²) in [6.45, 7) is 8.68. The van der Waals surface area contributed by atoms with Gasteiger partial charge < -0.3 is 4.90 Å². The van der Waals surface area contributed by atoms with E-state index < -0.39 is 0 Å². The van der Waals surface area contributed by atoms with E-state index in [0.29, 0.717) is 6.04 Å². The highest BCUT2D eigenvalue weighted by atomic mass is 32.1. The van der Waals surface area contributed by atoms with E-state index in [1.807, 2.05) is 6.92 Å². The van der Waals surface area contributed by atoms with E-state index in [1.165, 1.54) is 29.8 Å². The van der Waals surface area contributed by atoms with Crippen LogP contribution in [0.5, 0.6) is 0 Å². The van der Waals surface area contributed by atoms with Crippen LogP contribution in [-0.2, 0) is 4.79 Å². The Morgan fingerprint density at radius 3 is 2.97 bits per heavy atom. The molecule has 0 spiro atoms. The summed E-state index contributed by atoms with van der Waals surface area (Å²) in [5, 5.41) is 1.05. The van der Waals surface area contributed by atoms with Gasteiger partial charge in [-0.05, 0) is 57.0 Å². The number of piperazine rings is 1. The zero-order valence-electron chi connectivity index (χ0n) is 19.3. The van der Waals surface area contributed by atoms with Crippen LogP contribution in [0.1, 0.15) is 36.8 Å². The molecule has 4 aliphatic rings. The number of thiazole rings is 1. The molecule has 2 saturated heterocycles. The Bertz CT molecular complexity index is 1240. The van der Waals surface area contributed by atoms with Gasteiger partial charge in [0.05, 0.1) is 20.9 Å². The summed E-state index contributed by atoms with van der Waals surface area (Å²) in [7, 11) is 0. The van der Waals surface area contributed by atoms with Gasteiger partial charge in [0.1, 0.15) is 0 Å². The highest BCUT2D eigenvalue weighted by Gasteiger charge is 2.33. The molecule has 2 aromatic rings. The number of benzene rings is 1. The number of ketones is 1. The molecule has 1 aliphatic carbocycles. The van der Waals surface area contributed by atoms with E-state index in [2.05, 4.69) is 58.1 Å². The van der Waals surface area contributed by atoms with Crippen LogP contribution in [0.4, 0.5) is 0 Å². The summed E-state index contributed by atoms with van der Waals surface area (Å²) in [6, 6.07) is 6.92. The van der Waals surface area contributed by atoms with Crippen molar-refractivity contribution in [3.8, 4) is 0 Å². The van der Waals surface area contributed by atoms with Gasteiger partial charge in [0.25, 0.3) is 0 Å². The number of hydrogen-bond donors (Lipinski definition) is 0. The Kier molecular flexibility index (Phi) is 5.30. The molecule has 0 bridgehead atoms. The smallest absolute Gasteiger partial charge is 0.161 e. The highest BCUT2D eigenvalue weighted by molar-refractivity contribution is 7.18. The van der Waals surface area contributed by atoms with Crippen molar-refractivity contribution in [2.75, 3.05) is 26.2 Å². The van der Waals surface area contributed by atoms with Crippen molar-refractivity contribution in [2.45, 2.75) is 39.2 Å². The van der Waals surface area contributed by atoms with E-state index >= 15 is 0 Å². The predicted molar refractivity (Wildman–Crippen MR) is 135 cm³/mol. The molecule has 1 aromatic heterocycles. The number of fused-ring (bicyclic) bond motifs is 3. The minimum absolute atomic E-state index is 0.0848. The van der Waals surface area contributed by atoms with E-state index in [-0.39, 0.29) is 17.6 Å². The van der Waals surface area contributed by atoms with Gasteiger partial charge in [0.2, 0.25) is 0 Å². The minimum atomic E-state index is -0.0848. The summed E-state index contributed by atoms with van der Waals surface area (Å²) in [4.78, 5) is 28.0. The standard InChI is InChI=1S/C27H30N4OS/c1-17-22-8-6-20(31-13-12-30-11-3-4-21(30)16-31)7-9-23(22)29-24(15-26(17)32)19-5-10-27-25(14-19)28-18(2)33-27/h5-7,9-10,14-15,17,21-22H,3-4,8,11-13,16H2,1-2H3/t17?,21-,22?/m0/s1. The molecule has 33 heavy (non-hydrogen) atoms. The fourth-order valence-electron chi connectivity index (χ4n) is 5.76. The first-order valence-electron chi connectivity index (χ1n) is 12.1. The first-order valence-corrected chi connectivity index (χ1v) is 13.0. The summed E-state index contributed by atoms with van der Waals surface area (Å²) in [5.41, 5.74) is 5.00. The first-order chi connectivity index (χ1) is 16.0. The molecule has 2 fully saturated rings. The topological polar surface area (TPSA) is 48.8 Å². The van der Waals surface area contributed by atoms with Crippen molar-refractivity contribution >= 4 is 38.7 Å². The van der Waals surface area contributed by atoms with Crippen LogP contribution in [0.2, 0.25) is 0 Å². The molecule has 0 saturated carbocycles. The maximum atomic E-state index is 13.1. The lowest BCUT2D eigenvalue weighted by Crippen LogP contribution is -2.49. The Balaban J connectivity index is 1.31. The molecule has 4 heterocycles. The molecule has 170 valence electrons. The number of nitrogens with zero attached hydrogens (tertiary/aromatic N) is 4. The molecular formula is C27H30N4OS. The van der Waals surface area contributed by atoms with Crippen LogP contribution in [-0.4, -0.2) is 58.5 Å². The Hall–Kier alpha value is -2.57. The molecule has 3 atom stereocenters. The molecule has 3 aliphatic heterocycles. The monoisotopic (exact) mass is 458 g/mol. The zero-order valence-corrected chi connectivity index (χ0v) is 20.1. The van der Waals surface area contributed by atoms with E-state index in [4.69, 9.17) is 4.99 Å². The molecule has 0 radical (unpaired) electrons. The van der Waals surface area contributed by atoms with Crippen LogP contribution in [0, 0.1) is 18.8 Å². The van der Waals surface area contributed by atoms with Crippen LogP contribution >= 0.6 is 11.3 Å². The maximum Gasteiger partial charge on any atom is 0.161 e. The predicted octanol–water partition coefficient (Wildman–Crippen LogP) is 4.85. The molecular weight excluding hydrogens is 428 g/mol. The van der Waals surface area contributed by atoms with Gasteiger partial charge in [-0.3, -0.25) is 14.7 Å². The van der Waals surface area contributed by atoms with Gasteiger partial charge in [-0.25, -0.2) is 4.98 Å². The number of aromatic nitrogens is 1. The van der Waals surface area contributed by atoms with E-state index in [0.717, 1.165) is 53.6 Å². The second-order valence-corrected chi connectivity index (χ2v) is 11.0. The summed E-state index contributed by atoms with van der Waals surface area (Å²) < 4.78 is 1.17. The summed E-state index contributed by atoms with van der Waals surface area (Å²) in [6.07, 6.45) is 12.0. The SMILES string of the molecule is Cc1nc2cc(C3=CC(=O)C(C)C4CC=C(N5CCN6CCC[C@H]6C5)C=CC4=N3)ccc2s1. The van der Waals surface area contributed by atoms with E-state index in [9.17, 15) is 4.79 Å². The van der Waals surface area contributed by atoms with Crippen molar-refractivity contribution < 1.29 is 4.79 Å². The van der Waals surface area contributed by atoms with Crippen LogP contribution < -0.4 is 0 Å². The quantitative estimate of drug-likeness (QED) is 0.646. The molecule has 6 rings (SSSR count). The van der Waals surface area contributed by atoms with Gasteiger partial charge in [0, 0.05) is 60.6 Å². The highest BCUT2D eigenvalue weighted by Crippen LogP contribution is 2.33. The second-order valence-electron chi connectivity index (χ2n) is 9.76. The van der Waals surface area contributed by atoms with Gasteiger partial charge in [0.15, 0.2) is 5.78 Å². The van der Waals surface area contributed by atoms with Crippen molar-refractivity contribution in [3.05, 3.63) is 58.8 Å². The van der Waals surface area contributed by atoms with Gasteiger partial charge in [-0.15, -0.1) is 11.3 Å². The lowest BCUT2D eigenvalue weighted by atomic mass is 9.84. The van der Waals surface area contributed by atoms with Crippen molar-refractivity contribution in [1.29, 1.82) is 0 Å². The molecule has 1 aromatic carbocycles. The maximum absolute atomic E-state index is 13.1. The fourth-order valence-corrected chi connectivity index (χ4v) is 6.56. The fraction of sp³-hybridized carbons (Fsp3) is 0.444. The van der Waals surface area contributed by atoms with Crippen LogP contribution in [0.25, 0.3) is 15.9 Å². The zero-order chi connectivity index (χ0) is 22.5. The Labute approximate surface area is 199 Å². The number of carbonyl (C=O) groups excluding carboxylic acids is 1. The van der Waals surface area contributed by atoms with Gasteiger partial charge in [-0.1, -0.05) is 19.1 Å². The summed E-state index contributed by atoms with van der Waals surface area (Å²) in [5.74, 6) is 0.185.